The second-order valence-corrected chi connectivity index (χ2v) is 8.20. The van der Waals surface area contributed by atoms with Crippen molar-refractivity contribution in [2.45, 2.75) is 20.3 Å². The summed E-state index contributed by atoms with van der Waals surface area (Å²) >= 11 is 1.52. The van der Waals surface area contributed by atoms with Crippen LogP contribution in [0.2, 0.25) is 0 Å². The Bertz CT molecular complexity index is 965. The van der Waals surface area contributed by atoms with E-state index in [9.17, 15) is 4.79 Å². The van der Waals surface area contributed by atoms with Crippen LogP contribution in [-0.2, 0) is 11.2 Å². The van der Waals surface area contributed by atoms with E-state index in [4.69, 9.17) is 14.5 Å². The van der Waals surface area contributed by atoms with Crippen molar-refractivity contribution in [1.82, 2.24) is 9.88 Å². The van der Waals surface area contributed by atoms with Crippen LogP contribution in [0.1, 0.15) is 19.4 Å². The summed E-state index contributed by atoms with van der Waals surface area (Å²) in [6.07, 6.45) is 0.359. The molecule has 2 heterocycles. The molecule has 1 aliphatic heterocycles. The lowest BCUT2D eigenvalue weighted by Crippen LogP contribution is -2.39. The van der Waals surface area contributed by atoms with Gasteiger partial charge in [-0.05, 0) is 18.7 Å². The monoisotopic (exact) mass is 461 g/mol. The van der Waals surface area contributed by atoms with Gasteiger partial charge in [-0.1, -0.05) is 55.5 Å². The van der Waals surface area contributed by atoms with Crippen LogP contribution in [-0.4, -0.2) is 55.2 Å². The van der Waals surface area contributed by atoms with Gasteiger partial charge in [0.2, 0.25) is 5.91 Å². The van der Waals surface area contributed by atoms with Crippen LogP contribution in [0.25, 0.3) is 10.2 Å². The minimum Gasteiger partial charge on any atom is -0.486 e. The minimum absolute atomic E-state index is 0. The molecule has 0 aliphatic carbocycles. The molecule has 4 rings (SSSR count). The average molecular weight is 462 g/mol. The number of ether oxygens (including phenoxy) is 2. The molecule has 3 aromatic rings. The number of anilines is 1. The summed E-state index contributed by atoms with van der Waals surface area (Å²) < 4.78 is 12.4. The van der Waals surface area contributed by atoms with Crippen molar-refractivity contribution in [3.8, 4) is 11.5 Å². The standard InChI is InChI=1S/C23H27N3O3S.ClH/c1-3-25(4-2)10-11-26(22(27)14-17-8-6-5-7-9-17)23-24-18-15-19-20(16-21(18)30-23)29-13-12-28-19;/h5-9,15-16H,3-4,10-14H2,1-2H3;1H. The largest absolute Gasteiger partial charge is 0.486 e. The van der Waals surface area contributed by atoms with Crippen LogP contribution >= 0.6 is 23.7 Å². The Hall–Kier alpha value is -2.35. The lowest BCUT2D eigenvalue weighted by molar-refractivity contribution is -0.118. The van der Waals surface area contributed by atoms with Gasteiger partial charge >= 0.3 is 0 Å². The van der Waals surface area contributed by atoms with Crippen LogP contribution < -0.4 is 14.4 Å². The molecule has 0 unspecified atom stereocenters. The Kier molecular flexibility index (Phi) is 8.12. The number of carbonyl (C=O) groups excluding carboxylic acids is 1. The van der Waals surface area contributed by atoms with Gasteiger partial charge in [0.1, 0.15) is 13.2 Å². The summed E-state index contributed by atoms with van der Waals surface area (Å²) in [5.41, 5.74) is 1.84. The first-order valence-corrected chi connectivity index (χ1v) is 11.3. The maximum atomic E-state index is 13.3. The van der Waals surface area contributed by atoms with Gasteiger partial charge in [0.25, 0.3) is 0 Å². The van der Waals surface area contributed by atoms with Crippen molar-refractivity contribution < 1.29 is 14.3 Å². The highest BCUT2D eigenvalue weighted by molar-refractivity contribution is 7.22. The molecule has 0 radical (unpaired) electrons. The van der Waals surface area contributed by atoms with Gasteiger partial charge in [0.15, 0.2) is 16.6 Å². The predicted molar refractivity (Wildman–Crippen MR) is 128 cm³/mol. The smallest absolute Gasteiger partial charge is 0.233 e. The van der Waals surface area contributed by atoms with E-state index in [-0.39, 0.29) is 18.3 Å². The van der Waals surface area contributed by atoms with Gasteiger partial charge in [-0.25, -0.2) is 4.98 Å². The zero-order valence-electron chi connectivity index (χ0n) is 17.9. The summed E-state index contributed by atoms with van der Waals surface area (Å²) in [6, 6.07) is 13.7. The zero-order chi connectivity index (χ0) is 20.9. The summed E-state index contributed by atoms with van der Waals surface area (Å²) in [7, 11) is 0. The highest BCUT2D eigenvalue weighted by Crippen LogP contribution is 2.38. The third-order valence-electron chi connectivity index (χ3n) is 5.31. The summed E-state index contributed by atoms with van der Waals surface area (Å²) in [4.78, 5) is 22.2. The van der Waals surface area contributed by atoms with Crippen LogP contribution in [0.15, 0.2) is 42.5 Å². The third kappa shape index (κ3) is 5.47. The molecule has 0 bridgehead atoms. The van der Waals surface area contributed by atoms with Crippen molar-refractivity contribution in [3.63, 3.8) is 0 Å². The van der Waals surface area contributed by atoms with E-state index in [1.165, 1.54) is 11.3 Å². The highest BCUT2D eigenvalue weighted by atomic mass is 35.5. The molecule has 166 valence electrons. The number of carbonyl (C=O) groups is 1. The SMILES string of the molecule is CCN(CC)CCN(C(=O)Cc1ccccc1)c1nc2cc3c(cc2s1)OCCO3.Cl. The molecule has 0 saturated heterocycles. The van der Waals surface area contributed by atoms with E-state index in [1.54, 1.807) is 0 Å². The number of hydrogen-bond acceptors (Lipinski definition) is 6. The Labute approximate surface area is 193 Å². The molecular formula is C23H28ClN3O3S. The van der Waals surface area contributed by atoms with E-state index >= 15 is 0 Å². The molecule has 6 nitrogen and oxygen atoms in total. The van der Waals surface area contributed by atoms with Crippen molar-refractivity contribution >= 4 is 45.0 Å². The lowest BCUT2D eigenvalue weighted by Gasteiger charge is -2.24. The first-order chi connectivity index (χ1) is 14.7. The first-order valence-electron chi connectivity index (χ1n) is 10.4. The predicted octanol–water partition coefficient (Wildman–Crippen LogP) is 4.41. The molecule has 0 fully saturated rings. The van der Waals surface area contributed by atoms with Crippen LogP contribution in [0.4, 0.5) is 5.13 Å². The number of halogens is 1. The molecule has 0 atom stereocenters. The Morgan fingerprint density at radius 1 is 1.03 bits per heavy atom. The molecule has 1 amide bonds. The Morgan fingerprint density at radius 2 is 1.71 bits per heavy atom. The maximum Gasteiger partial charge on any atom is 0.233 e. The molecule has 0 N–H and O–H groups in total. The fourth-order valence-electron chi connectivity index (χ4n) is 3.54. The number of fused-ring (bicyclic) bond motifs is 2. The van der Waals surface area contributed by atoms with Crippen molar-refractivity contribution in [1.29, 1.82) is 0 Å². The zero-order valence-corrected chi connectivity index (χ0v) is 19.5. The number of amides is 1. The molecule has 0 spiro atoms. The summed E-state index contributed by atoms with van der Waals surface area (Å²) in [5, 5.41) is 0.723. The fraction of sp³-hybridized carbons (Fsp3) is 0.391. The maximum absolute atomic E-state index is 13.3. The van der Waals surface area contributed by atoms with Gasteiger partial charge in [0.05, 0.1) is 16.6 Å². The van der Waals surface area contributed by atoms with Gasteiger partial charge in [-0.3, -0.25) is 9.69 Å². The number of thiazole rings is 1. The highest BCUT2D eigenvalue weighted by Gasteiger charge is 2.22. The minimum atomic E-state index is 0. The van der Waals surface area contributed by atoms with Gasteiger partial charge in [0, 0.05) is 25.2 Å². The van der Waals surface area contributed by atoms with Gasteiger partial charge in [-0.15, -0.1) is 12.4 Å². The van der Waals surface area contributed by atoms with E-state index in [1.807, 2.05) is 47.4 Å². The average Bonchev–Trinajstić information content (AvgIpc) is 3.18. The van der Waals surface area contributed by atoms with E-state index in [0.29, 0.717) is 26.2 Å². The van der Waals surface area contributed by atoms with Crippen molar-refractivity contribution in [2.24, 2.45) is 0 Å². The first kappa shape index (κ1) is 23.3. The van der Waals surface area contributed by atoms with E-state index in [0.717, 1.165) is 52.0 Å². The number of aromatic nitrogens is 1. The Balaban J connectivity index is 0.00000272. The molecular weight excluding hydrogens is 434 g/mol. The fourth-order valence-corrected chi connectivity index (χ4v) is 4.56. The number of benzene rings is 2. The molecule has 1 aliphatic rings. The van der Waals surface area contributed by atoms with E-state index in [2.05, 4.69) is 18.7 Å². The molecule has 31 heavy (non-hydrogen) atoms. The van der Waals surface area contributed by atoms with Crippen molar-refractivity contribution in [2.75, 3.05) is 44.3 Å². The summed E-state index contributed by atoms with van der Waals surface area (Å²) in [5.74, 6) is 1.52. The molecule has 2 aromatic carbocycles. The molecule has 1 aromatic heterocycles. The quantitative estimate of drug-likeness (QED) is 0.497. The number of likely N-dealkylation sites (N-methyl/N-ethyl adjacent to an activating group) is 1. The molecule has 0 saturated carbocycles. The van der Waals surface area contributed by atoms with Crippen LogP contribution in [0.5, 0.6) is 11.5 Å². The molecule has 8 heteroatoms. The van der Waals surface area contributed by atoms with E-state index < -0.39 is 0 Å². The van der Waals surface area contributed by atoms with Gasteiger partial charge in [-0.2, -0.15) is 0 Å². The van der Waals surface area contributed by atoms with Crippen LogP contribution in [0, 0.1) is 0 Å². The second-order valence-electron chi connectivity index (χ2n) is 7.19. The number of hydrogen-bond donors (Lipinski definition) is 0. The van der Waals surface area contributed by atoms with Crippen LogP contribution in [0.3, 0.4) is 0 Å². The topological polar surface area (TPSA) is 54.9 Å². The van der Waals surface area contributed by atoms with Crippen molar-refractivity contribution in [3.05, 3.63) is 48.0 Å². The Morgan fingerprint density at radius 3 is 2.39 bits per heavy atom. The third-order valence-corrected chi connectivity index (χ3v) is 6.35. The lowest BCUT2D eigenvalue weighted by atomic mass is 10.1. The number of rotatable bonds is 8. The number of nitrogens with zero attached hydrogens (tertiary/aromatic N) is 3. The normalized spacial score (nSPS) is 12.6. The summed E-state index contributed by atoms with van der Waals surface area (Å²) in [6.45, 7) is 8.71. The van der Waals surface area contributed by atoms with Gasteiger partial charge < -0.3 is 14.4 Å². The second kappa shape index (κ2) is 10.8.